The average molecular weight is 508 g/mol. The molecular weight excluding hydrogens is 470 g/mol. The lowest BCUT2D eigenvalue weighted by molar-refractivity contribution is -0.280. The zero-order valence-electron chi connectivity index (χ0n) is 21.8. The number of fused-ring (bicyclic) bond motifs is 1. The average Bonchev–Trinajstić information content (AvgIpc) is 2.80. The fourth-order valence-corrected chi connectivity index (χ4v) is 3.74. The van der Waals surface area contributed by atoms with Gasteiger partial charge in [0.05, 0.1) is 16.8 Å². The van der Waals surface area contributed by atoms with Gasteiger partial charge >= 0.3 is 0 Å². The van der Waals surface area contributed by atoms with Crippen molar-refractivity contribution in [3.05, 3.63) is 34.4 Å². The normalized spacial score (nSPS) is 14.4. The maximum atomic E-state index is 13.4. The van der Waals surface area contributed by atoms with E-state index in [4.69, 9.17) is 19.8 Å². The minimum Gasteiger partial charge on any atom is -0.357 e. The predicted molar refractivity (Wildman–Crippen MR) is 132 cm³/mol. The number of carbonyl (C=O) groups is 2. The van der Waals surface area contributed by atoms with Crippen molar-refractivity contribution in [3.8, 4) is 5.75 Å². The van der Waals surface area contributed by atoms with E-state index < -0.39 is 29.4 Å². The lowest BCUT2D eigenvalue weighted by Crippen LogP contribution is -2.55. The highest BCUT2D eigenvalue weighted by Gasteiger charge is 2.38. The van der Waals surface area contributed by atoms with Crippen LogP contribution in [-0.4, -0.2) is 52.8 Å². The minimum absolute atomic E-state index is 0.0792. The van der Waals surface area contributed by atoms with Crippen molar-refractivity contribution < 1.29 is 29.4 Å². The van der Waals surface area contributed by atoms with Crippen molar-refractivity contribution in [2.45, 2.75) is 60.1 Å². The number of aromatic nitrogens is 2. The predicted octanol–water partition coefficient (Wildman–Crippen LogP) is 1.76. The quantitative estimate of drug-likeness (QED) is 0.213. The largest absolute Gasteiger partial charge is 0.357 e. The first kappa shape index (κ1) is 29.2. The first-order chi connectivity index (χ1) is 16.9. The van der Waals surface area contributed by atoms with Crippen molar-refractivity contribution in [1.82, 2.24) is 26.2 Å². The summed E-state index contributed by atoms with van der Waals surface area (Å²) in [4.78, 5) is 61.1. The molecule has 36 heavy (non-hydrogen) atoms. The maximum absolute atomic E-state index is 13.4. The van der Waals surface area contributed by atoms with E-state index in [1.54, 1.807) is 24.7 Å². The monoisotopic (exact) mass is 507 g/mol. The number of amides is 2. The maximum Gasteiger partial charge on any atom is 0.258 e. The van der Waals surface area contributed by atoms with E-state index in [0.29, 0.717) is 23.1 Å². The molecule has 5 N–H and O–H groups in total. The summed E-state index contributed by atoms with van der Waals surface area (Å²) in [6.45, 7) is 10.8. The number of nitrogens with zero attached hydrogens (tertiary/aromatic N) is 1. The van der Waals surface area contributed by atoms with Crippen LogP contribution >= 0.6 is 0 Å². The third-order valence-corrected chi connectivity index (χ3v) is 5.55. The van der Waals surface area contributed by atoms with Crippen molar-refractivity contribution in [3.63, 3.8) is 0 Å². The highest BCUT2D eigenvalue weighted by molar-refractivity contribution is 5.89. The van der Waals surface area contributed by atoms with Gasteiger partial charge in [-0.15, -0.1) is 0 Å². The lowest BCUT2D eigenvalue weighted by Gasteiger charge is -2.33. The van der Waals surface area contributed by atoms with Crippen molar-refractivity contribution >= 4 is 22.7 Å². The van der Waals surface area contributed by atoms with Gasteiger partial charge in [-0.1, -0.05) is 40.3 Å². The van der Waals surface area contributed by atoms with Crippen molar-refractivity contribution in [1.29, 1.82) is 0 Å². The van der Waals surface area contributed by atoms with Gasteiger partial charge in [0.15, 0.2) is 5.75 Å². The molecule has 1 heterocycles. The third kappa shape index (κ3) is 7.98. The first-order valence-corrected chi connectivity index (χ1v) is 11.7. The van der Waals surface area contributed by atoms with Gasteiger partial charge in [0.1, 0.15) is 24.6 Å². The number of aromatic amines is 1. The Balaban J connectivity index is 2.30. The summed E-state index contributed by atoms with van der Waals surface area (Å²) in [6, 6.07) is 3.87. The number of rotatable bonds is 12. The number of hydrogen-bond donors (Lipinski definition) is 5. The lowest BCUT2D eigenvalue weighted by atomic mass is 9.84. The summed E-state index contributed by atoms with van der Waals surface area (Å²) >= 11 is 0. The van der Waals surface area contributed by atoms with Gasteiger partial charge in [0.2, 0.25) is 11.8 Å². The molecule has 12 nitrogen and oxygen atoms in total. The molecule has 2 rings (SSSR count). The molecule has 1 aromatic carbocycles. The molecule has 0 saturated heterocycles. The van der Waals surface area contributed by atoms with E-state index >= 15 is 0 Å². The summed E-state index contributed by atoms with van der Waals surface area (Å²) < 4.78 is 0. The van der Waals surface area contributed by atoms with E-state index in [1.807, 2.05) is 34.6 Å². The van der Waals surface area contributed by atoms with Crippen LogP contribution in [0.5, 0.6) is 5.75 Å². The van der Waals surface area contributed by atoms with Gasteiger partial charge in [0, 0.05) is 7.05 Å². The Morgan fingerprint density at radius 2 is 1.89 bits per heavy atom. The molecular formula is C24H37N5O7. The number of nitrogens with one attached hydrogen (secondary N) is 4. The van der Waals surface area contributed by atoms with Crippen LogP contribution in [0.25, 0.3) is 10.9 Å². The molecule has 0 fully saturated rings. The van der Waals surface area contributed by atoms with Crippen LogP contribution in [0.1, 0.15) is 46.9 Å². The molecule has 0 saturated carbocycles. The van der Waals surface area contributed by atoms with Gasteiger partial charge in [0.25, 0.3) is 5.56 Å². The minimum atomic E-state index is -0.984. The van der Waals surface area contributed by atoms with E-state index in [2.05, 4.69) is 20.6 Å². The Bertz CT molecular complexity index is 1100. The fourth-order valence-electron chi connectivity index (χ4n) is 3.74. The highest BCUT2D eigenvalue weighted by atomic mass is 17.2. The fraction of sp³-hybridized carbons (Fsp3) is 0.583. The second-order valence-corrected chi connectivity index (χ2v) is 10.1. The van der Waals surface area contributed by atoms with Crippen LogP contribution in [0.15, 0.2) is 23.0 Å². The molecule has 3 atom stereocenters. The SMILES string of the molecule is CNC(=O)[C@@H](NC(=O)[C@H](CC(C)C)C(CONO)OOc1ccc2nc(C)[nH]c(=O)c2c1)C(C)(C)C. The highest BCUT2D eigenvalue weighted by Crippen LogP contribution is 2.25. The van der Waals surface area contributed by atoms with Crippen LogP contribution in [0.3, 0.4) is 0 Å². The van der Waals surface area contributed by atoms with Gasteiger partial charge in [-0.2, -0.15) is 4.89 Å². The van der Waals surface area contributed by atoms with Crippen molar-refractivity contribution in [2.75, 3.05) is 13.7 Å². The van der Waals surface area contributed by atoms with Crippen LogP contribution in [0, 0.1) is 24.2 Å². The van der Waals surface area contributed by atoms with Crippen LogP contribution < -0.4 is 26.7 Å². The zero-order valence-corrected chi connectivity index (χ0v) is 21.8. The van der Waals surface area contributed by atoms with Gasteiger partial charge < -0.3 is 20.5 Å². The molecule has 0 aliphatic carbocycles. The molecule has 0 radical (unpaired) electrons. The van der Waals surface area contributed by atoms with Crippen LogP contribution in [0.4, 0.5) is 0 Å². The smallest absolute Gasteiger partial charge is 0.258 e. The van der Waals surface area contributed by atoms with E-state index in [0.717, 1.165) is 0 Å². The summed E-state index contributed by atoms with van der Waals surface area (Å²) in [5, 5.41) is 14.7. The van der Waals surface area contributed by atoms with E-state index in [9.17, 15) is 14.4 Å². The zero-order chi connectivity index (χ0) is 27.0. The molecule has 1 unspecified atom stereocenters. The molecule has 0 aliphatic heterocycles. The summed E-state index contributed by atoms with van der Waals surface area (Å²) in [7, 11) is 1.50. The second kappa shape index (κ2) is 12.8. The Labute approximate surface area is 209 Å². The third-order valence-electron chi connectivity index (χ3n) is 5.55. The molecule has 0 aliphatic rings. The van der Waals surface area contributed by atoms with Gasteiger partial charge in [-0.3, -0.25) is 24.4 Å². The first-order valence-electron chi connectivity index (χ1n) is 11.7. The number of aryl methyl sites for hydroxylation is 1. The molecule has 2 aromatic rings. The number of carbonyl (C=O) groups excluding carboxylic acids is 2. The Kier molecular flexibility index (Phi) is 10.3. The second-order valence-electron chi connectivity index (χ2n) is 10.1. The van der Waals surface area contributed by atoms with E-state index in [-0.39, 0.29) is 29.7 Å². The van der Waals surface area contributed by atoms with Crippen LogP contribution in [0.2, 0.25) is 0 Å². The molecule has 1 aromatic heterocycles. The number of hydrogen-bond acceptors (Lipinski definition) is 9. The molecule has 200 valence electrons. The Morgan fingerprint density at radius 1 is 1.19 bits per heavy atom. The van der Waals surface area contributed by atoms with Gasteiger partial charge in [-0.25, -0.2) is 4.98 Å². The Morgan fingerprint density at radius 3 is 2.47 bits per heavy atom. The standard InChI is InChI=1S/C24H37N5O7/c1-13(2)10-17(22(31)28-20(23(32)25-7)24(4,5)6)19(12-34-29-33)36-35-15-8-9-18-16(11-15)21(30)27-14(3)26-18/h8-9,11,13,17,19-20,29,33H,10,12H2,1-7H3,(H,25,32)(H,28,31)(H,26,27,30)/t17-,19?,20-/m1/s1. The molecule has 0 bridgehead atoms. The topological polar surface area (TPSA) is 164 Å². The number of likely N-dealkylation sites (N-methyl/N-ethyl adjacent to an activating group) is 1. The van der Waals surface area contributed by atoms with Gasteiger partial charge in [-0.05, 0) is 42.9 Å². The molecule has 2 amide bonds. The summed E-state index contributed by atoms with van der Waals surface area (Å²) in [5.41, 5.74) is 1.20. The summed E-state index contributed by atoms with van der Waals surface area (Å²) in [5.74, 6) is -0.791. The number of benzene rings is 1. The molecule has 12 heteroatoms. The Hall–Kier alpha value is -3.06. The van der Waals surface area contributed by atoms with Crippen LogP contribution in [-0.2, 0) is 19.3 Å². The summed E-state index contributed by atoms with van der Waals surface area (Å²) in [6.07, 6.45) is -0.609. The molecule has 0 spiro atoms. The van der Waals surface area contributed by atoms with E-state index in [1.165, 1.54) is 13.1 Å². The van der Waals surface area contributed by atoms with Crippen molar-refractivity contribution in [2.24, 2.45) is 17.3 Å². The number of H-pyrrole nitrogens is 1.